The third kappa shape index (κ3) is 5.25. The topological polar surface area (TPSA) is 35.6 Å². The monoisotopic (exact) mass is 387 g/mol. The van der Waals surface area contributed by atoms with Gasteiger partial charge in [-0.05, 0) is 62.0 Å². The largest absolute Gasteiger partial charge is 0.384 e. The van der Waals surface area contributed by atoms with Gasteiger partial charge in [0.05, 0.1) is 0 Å². The lowest BCUT2D eigenvalue weighted by atomic mass is 9.95. The van der Waals surface area contributed by atoms with Crippen LogP contribution in [0.5, 0.6) is 0 Å². The summed E-state index contributed by atoms with van der Waals surface area (Å²) in [6.45, 7) is 10.7. The fourth-order valence-corrected chi connectivity index (χ4v) is 3.79. The van der Waals surface area contributed by atoms with Crippen LogP contribution in [0.2, 0.25) is 0 Å². The highest BCUT2D eigenvalue weighted by molar-refractivity contribution is 5.95. The van der Waals surface area contributed by atoms with Gasteiger partial charge in [0.2, 0.25) is 0 Å². The maximum atomic E-state index is 12.7. The lowest BCUT2D eigenvalue weighted by molar-refractivity contribution is 0.0669. The average Bonchev–Trinajstić information content (AvgIpc) is 3.07. The second-order valence-corrected chi connectivity index (χ2v) is 6.77. The van der Waals surface area contributed by atoms with Gasteiger partial charge in [-0.15, -0.1) is 24.8 Å². The fraction of sp³-hybridized carbons (Fsp3) is 0.632. The second-order valence-electron chi connectivity index (χ2n) is 6.77. The number of nitrogens with zero attached hydrogens (tertiary/aromatic N) is 2. The van der Waals surface area contributed by atoms with E-state index in [-0.39, 0.29) is 30.7 Å². The van der Waals surface area contributed by atoms with Crippen molar-refractivity contribution in [3.05, 3.63) is 29.3 Å². The van der Waals surface area contributed by atoms with Crippen molar-refractivity contribution in [1.82, 2.24) is 9.80 Å². The van der Waals surface area contributed by atoms with Gasteiger partial charge in [0.1, 0.15) is 0 Å². The van der Waals surface area contributed by atoms with E-state index in [1.54, 1.807) is 0 Å². The normalized spacial score (nSPS) is 16.7. The number of piperidine rings is 1. The van der Waals surface area contributed by atoms with Gasteiger partial charge in [0, 0.05) is 37.4 Å². The van der Waals surface area contributed by atoms with Crippen molar-refractivity contribution in [1.29, 1.82) is 0 Å². The summed E-state index contributed by atoms with van der Waals surface area (Å²) in [4.78, 5) is 17.3. The zero-order valence-corrected chi connectivity index (χ0v) is 16.9. The summed E-state index contributed by atoms with van der Waals surface area (Å²) in [6, 6.07) is 6.11. The molecule has 0 spiro atoms. The Bertz CT molecular complexity index is 556. The van der Waals surface area contributed by atoms with E-state index in [0.717, 1.165) is 63.5 Å². The maximum Gasteiger partial charge on any atom is 0.253 e. The number of benzene rings is 1. The molecule has 1 amide bonds. The Morgan fingerprint density at radius 3 is 2.52 bits per heavy atom. The summed E-state index contributed by atoms with van der Waals surface area (Å²) in [7, 11) is 0. The molecule has 2 heterocycles. The SMILES string of the molecule is CCN(CC)CC1CCN(C(=O)c2ccc3c(c2)CCN3)CC1.Cl.Cl. The van der Waals surface area contributed by atoms with Gasteiger partial charge in [0.25, 0.3) is 5.91 Å². The molecule has 1 saturated heterocycles. The predicted molar refractivity (Wildman–Crippen MR) is 110 cm³/mol. The Kier molecular flexibility index (Phi) is 9.04. The van der Waals surface area contributed by atoms with Crippen LogP contribution >= 0.6 is 24.8 Å². The predicted octanol–water partition coefficient (Wildman–Crippen LogP) is 3.69. The molecule has 4 nitrogen and oxygen atoms in total. The summed E-state index contributed by atoms with van der Waals surface area (Å²) in [6.07, 6.45) is 3.30. The van der Waals surface area contributed by atoms with E-state index in [4.69, 9.17) is 0 Å². The molecule has 0 aliphatic carbocycles. The highest BCUT2D eigenvalue weighted by Gasteiger charge is 2.25. The van der Waals surface area contributed by atoms with Crippen molar-refractivity contribution >= 4 is 36.4 Å². The summed E-state index contributed by atoms with van der Waals surface area (Å²) < 4.78 is 0. The highest BCUT2D eigenvalue weighted by atomic mass is 35.5. The number of anilines is 1. The maximum absolute atomic E-state index is 12.7. The molecular formula is C19H31Cl2N3O. The molecule has 25 heavy (non-hydrogen) atoms. The minimum atomic E-state index is 0. The third-order valence-corrected chi connectivity index (χ3v) is 5.37. The van der Waals surface area contributed by atoms with E-state index in [1.807, 2.05) is 11.0 Å². The zero-order chi connectivity index (χ0) is 16.2. The molecule has 0 unspecified atom stereocenters. The van der Waals surface area contributed by atoms with Crippen LogP contribution in [-0.4, -0.2) is 55.0 Å². The number of halogens is 2. The highest BCUT2D eigenvalue weighted by Crippen LogP contribution is 2.25. The molecule has 1 N–H and O–H groups in total. The van der Waals surface area contributed by atoms with Crippen LogP contribution in [0.4, 0.5) is 5.69 Å². The fourth-order valence-electron chi connectivity index (χ4n) is 3.79. The molecule has 0 saturated carbocycles. The van der Waals surface area contributed by atoms with Gasteiger partial charge in [-0.25, -0.2) is 0 Å². The number of hydrogen-bond donors (Lipinski definition) is 1. The van der Waals surface area contributed by atoms with Crippen molar-refractivity contribution in [3.63, 3.8) is 0 Å². The molecule has 142 valence electrons. The van der Waals surface area contributed by atoms with Crippen molar-refractivity contribution < 1.29 is 4.79 Å². The van der Waals surface area contributed by atoms with E-state index < -0.39 is 0 Å². The number of carbonyl (C=O) groups is 1. The summed E-state index contributed by atoms with van der Waals surface area (Å²) in [5.74, 6) is 0.948. The van der Waals surface area contributed by atoms with Crippen LogP contribution in [0, 0.1) is 5.92 Å². The van der Waals surface area contributed by atoms with E-state index in [9.17, 15) is 4.79 Å². The Morgan fingerprint density at radius 1 is 1.20 bits per heavy atom. The Morgan fingerprint density at radius 2 is 1.88 bits per heavy atom. The number of likely N-dealkylation sites (tertiary alicyclic amines) is 1. The van der Waals surface area contributed by atoms with Gasteiger partial charge in [-0.3, -0.25) is 4.79 Å². The van der Waals surface area contributed by atoms with Crippen LogP contribution < -0.4 is 5.32 Å². The molecule has 0 atom stereocenters. The molecule has 0 aromatic heterocycles. The zero-order valence-electron chi connectivity index (χ0n) is 15.3. The van der Waals surface area contributed by atoms with Crippen LogP contribution in [0.15, 0.2) is 18.2 Å². The van der Waals surface area contributed by atoms with Crippen LogP contribution in [-0.2, 0) is 6.42 Å². The van der Waals surface area contributed by atoms with Gasteiger partial charge in [-0.2, -0.15) is 0 Å². The van der Waals surface area contributed by atoms with E-state index in [0.29, 0.717) is 0 Å². The van der Waals surface area contributed by atoms with Gasteiger partial charge in [0.15, 0.2) is 0 Å². The minimum Gasteiger partial charge on any atom is -0.384 e. The average molecular weight is 388 g/mol. The molecule has 1 fully saturated rings. The number of carbonyl (C=O) groups excluding carboxylic acids is 1. The molecule has 6 heteroatoms. The molecule has 0 radical (unpaired) electrons. The van der Waals surface area contributed by atoms with Crippen LogP contribution in [0.3, 0.4) is 0 Å². The molecule has 1 aromatic rings. The number of fused-ring (bicyclic) bond motifs is 1. The summed E-state index contributed by atoms with van der Waals surface area (Å²) in [5, 5.41) is 3.35. The van der Waals surface area contributed by atoms with Crippen molar-refractivity contribution in [2.45, 2.75) is 33.1 Å². The van der Waals surface area contributed by atoms with E-state index >= 15 is 0 Å². The second kappa shape index (κ2) is 10.2. The molecule has 0 bridgehead atoms. The van der Waals surface area contributed by atoms with Crippen molar-refractivity contribution in [2.24, 2.45) is 5.92 Å². The molecule has 3 rings (SSSR count). The Hall–Kier alpha value is -0.970. The van der Waals surface area contributed by atoms with Crippen molar-refractivity contribution in [2.75, 3.05) is 44.6 Å². The molecule has 2 aliphatic rings. The summed E-state index contributed by atoms with van der Waals surface area (Å²) in [5.41, 5.74) is 3.33. The molecular weight excluding hydrogens is 357 g/mol. The molecule has 1 aromatic carbocycles. The number of hydrogen-bond acceptors (Lipinski definition) is 3. The van der Waals surface area contributed by atoms with Gasteiger partial charge < -0.3 is 15.1 Å². The molecule has 2 aliphatic heterocycles. The van der Waals surface area contributed by atoms with E-state index in [2.05, 4.69) is 36.2 Å². The first kappa shape index (κ1) is 22.1. The van der Waals surface area contributed by atoms with Gasteiger partial charge >= 0.3 is 0 Å². The smallest absolute Gasteiger partial charge is 0.253 e. The third-order valence-electron chi connectivity index (χ3n) is 5.37. The lowest BCUT2D eigenvalue weighted by Crippen LogP contribution is -2.41. The number of amides is 1. The Balaban J connectivity index is 0.00000156. The quantitative estimate of drug-likeness (QED) is 0.836. The van der Waals surface area contributed by atoms with Gasteiger partial charge in [-0.1, -0.05) is 13.8 Å². The first-order valence-corrected chi connectivity index (χ1v) is 9.09. The first-order chi connectivity index (χ1) is 11.2. The summed E-state index contributed by atoms with van der Waals surface area (Å²) >= 11 is 0. The number of rotatable bonds is 5. The standard InChI is InChI=1S/C19H29N3O.2ClH/c1-3-21(4-2)14-15-8-11-22(12-9-15)19(23)17-5-6-18-16(13-17)7-10-20-18;;/h5-6,13,15,20H,3-4,7-12,14H2,1-2H3;2*1H. The Labute approximate surface area is 164 Å². The van der Waals surface area contributed by atoms with E-state index in [1.165, 1.54) is 17.8 Å². The minimum absolute atomic E-state index is 0. The first-order valence-electron chi connectivity index (χ1n) is 9.09. The number of nitrogens with one attached hydrogen (secondary N) is 1. The van der Waals surface area contributed by atoms with Crippen LogP contribution in [0.1, 0.15) is 42.6 Å². The van der Waals surface area contributed by atoms with Crippen LogP contribution in [0.25, 0.3) is 0 Å². The van der Waals surface area contributed by atoms with Crippen molar-refractivity contribution in [3.8, 4) is 0 Å². The lowest BCUT2D eigenvalue weighted by Gasteiger charge is -2.34.